The van der Waals surface area contributed by atoms with Gasteiger partial charge in [0.25, 0.3) is 0 Å². The Bertz CT molecular complexity index is 666. The zero-order chi connectivity index (χ0) is 15.8. The van der Waals surface area contributed by atoms with E-state index in [0.29, 0.717) is 22.6 Å². The minimum absolute atomic E-state index is 0.0807. The molecule has 0 aliphatic rings. The van der Waals surface area contributed by atoms with Crippen LogP contribution in [0.25, 0.3) is 11.3 Å². The molecule has 2 rings (SSSR count). The monoisotopic (exact) mass is 314 g/mol. The van der Waals surface area contributed by atoms with Crippen LogP contribution in [-0.2, 0) is 6.18 Å². The number of aromatic nitrogens is 2. The molecule has 1 aromatic heterocycles. The van der Waals surface area contributed by atoms with E-state index in [0.717, 1.165) is 12.1 Å². The summed E-state index contributed by atoms with van der Waals surface area (Å²) in [5.41, 5.74) is 0.974. The van der Waals surface area contributed by atoms with Gasteiger partial charge in [-0.1, -0.05) is 31.5 Å². The second kappa shape index (κ2) is 5.64. The summed E-state index contributed by atoms with van der Waals surface area (Å²) >= 11 is 5.97. The lowest BCUT2D eigenvalue weighted by Gasteiger charge is -2.12. The van der Waals surface area contributed by atoms with Crippen LogP contribution in [-0.4, -0.2) is 9.97 Å². The Morgan fingerprint density at radius 1 is 1.10 bits per heavy atom. The number of nitrogens with zero attached hydrogens (tertiary/aromatic N) is 2. The molecule has 0 saturated heterocycles. The molecule has 0 N–H and O–H groups in total. The van der Waals surface area contributed by atoms with E-state index < -0.39 is 11.7 Å². The zero-order valence-corrected chi connectivity index (χ0v) is 12.5. The fraction of sp³-hybridized carbons (Fsp3) is 0.333. The van der Waals surface area contributed by atoms with Gasteiger partial charge in [-0.2, -0.15) is 13.2 Å². The lowest BCUT2D eigenvalue weighted by molar-refractivity contribution is -0.137. The Kier molecular flexibility index (Phi) is 4.23. The highest BCUT2D eigenvalue weighted by Crippen LogP contribution is 2.33. The number of rotatable bonds is 2. The van der Waals surface area contributed by atoms with Crippen molar-refractivity contribution in [1.29, 1.82) is 0 Å². The molecule has 0 atom stereocenters. The lowest BCUT2D eigenvalue weighted by Crippen LogP contribution is -2.06. The molecule has 0 spiro atoms. The first kappa shape index (κ1) is 15.8. The molecule has 2 nitrogen and oxygen atoms in total. The van der Waals surface area contributed by atoms with Gasteiger partial charge in [0, 0.05) is 17.5 Å². The van der Waals surface area contributed by atoms with E-state index in [1.165, 1.54) is 6.07 Å². The highest BCUT2D eigenvalue weighted by Gasteiger charge is 2.30. The smallest absolute Gasteiger partial charge is 0.233 e. The van der Waals surface area contributed by atoms with Crippen LogP contribution in [0.1, 0.15) is 36.7 Å². The van der Waals surface area contributed by atoms with Crippen molar-refractivity contribution in [2.24, 2.45) is 0 Å². The first-order valence-corrected chi connectivity index (χ1v) is 6.79. The van der Waals surface area contributed by atoms with Crippen molar-refractivity contribution in [2.75, 3.05) is 0 Å². The van der Waals surface area contributed by atoms with Crippen LogP contribution in [0.2, 0.25) is 5.15 Å². The Morgan fingerprint density at radius 3 is 2.29 bits per heavy atom. The summed E-state index contributed by atoms with van der Waals surface area (Å²) in [5.74, 6) is 0.647. The molecule has 0 amide bonds. The van der Waals surface area contributed by atoms with E-state index in [4.69, 9.17) is 11.6 Å². The van der Waals surface area contributed by atoms with Gasteiger partial charge < -0.3 is 0 Å². The third-order valence-corrected chi connectivity index (χ3v) is 3.25. The SMILES string of the molecule is Cc1cc(C(F)(F)F)ccc1-c1cc(Cl)nc(C(C)C)n1. The summed E-state index contributed by atoms with van der Waals surface area (Å²) in [6.07, 6.45) is -4.35. The fourth-order valence-electron chi connectivity index (χ4n) is 1.96. The lowest BCUT2D eigenvalue weighted by atomic mass is 10.0. The molecule has 0 aliphatic heterocycles. The van der Waals surface area contributed by atoms with Gasteiger partial charge in [-0.3, -0.25) is 0 Å². The summed E-state index contributed by atoms with van der Waals surface area (Å²) in [6, 6.07) is 5.14. The highest BCUT2D eigenvalue weighted by molar-refractivity contribution is 6.29. The number of alkyl halides is 3. The normalized spacial score (nSPS) is 12.0. The first-order valence-electron chi connectivity index (χ1n) is 6.41. The van der Waals surface area contributed by atoms with E-state index >= 15 is 0 Å². The van der Waals surface area contributed by atoms with Crippen molar-refractivity contribution in [2.45, 2.75) is 32.9 Å². The molecule has 0 bridgehead atoms. The molecule has 1 heterocycles. The van der Waals surface area contributed by atoms with E-state index in [9.17, 15) is 13.2 Å². The van der Waals surface area contributed by atoms with Crippen LogP contribution in [0.15, 0.2) is 24.3 Å². The van der Waals surface area contributed by atoms with Crippen LogP contribution in [0.5, 0.6) is 0 Å². The predicted molar refractivity (Wildman–Crippen MR) is 76.3 cm³/mol. The number of aryl methyl sites for hydroxylation is 1. The summed E-state index contributed by atoms with van der Waals surface area (Å²) < 4.78 is 38.1. The Labute approximate surface area is 126 Å². The van der Waals surface area contributed by atoms with Gasteiger partial charge in [0.1, 0.15) is 11.0 Å². The first-order chi connectivity index (χ1) is 9.68. The number of hydrogen-bond acceptors (Lipinski definition) is 2. The van der Waals surface area contributed by atoms with Crippen LogP contribution in [0.3, 0.4) is 0 Å². The van der Waals surface area contributed by atoms with E-state index in [1.807, 2.05) is 13.8 Å². The van der Waals surface area contributed by atoms with Gasteiger partial charge in [-0.05, 0) is 24.6 Å². The largest absolute Gasteiger partial charge is 0.416 e. The molecule has 0 fully saturated rings. The van der Waals surface area contributed by atoms with Crippen LogP contribution >= 0.6 is 11.6 Å². The van der Waals surface area contributed by atoms with Crippen LogP contribution in [0.4, 0.5) is 13.2 Å². The molecular weight excluding hydrogens is 301 g/mol. The quantitative estimate of drug-likeness (QED) is 0.708. The standard InChI is InChI=1S/C15H14ClF3N2/c1-8(2)14-20-12(7-13(16)21-14)11-5-4-10(6-9(11)3)15(17,18)19/h4-8H,1-3H3. The van der Waals surface area contributed by atoms with E-state index in [-0.39, 0.29) is 11.1 Å². The maximum Gasteiger partial charge on any atom is 0.416 e. The van der Waals surface area contributed by atoms with Crippen LogP contribution in [0, 0.1) is 6.92 Å². The molecule has 6 heteroatoms. The Morgan fingerprint density at radius 2 is 1.76 bits per heavy atom. The molecule has 21 heavy (non-hydrogen) atoms. The molecule has 112 valence electrons. The van der Waals surface area contributed by atoms with E-state index in [2.05, 4.69) is 9.97 Å². The molecule has 1 aromatic carbocycles. The minimum Gasteiger partial charge on any atom is -0.233 e. The van der Waals surface area contributed by atoms with Crippen molar-refractivity contribution in [1.82, 2.24) is 9.97 Å². The third-order valence-electron chi connectivity index (χ3n) is 3.06. The molecule has 2 aromatic rings. The van der Waals surface area contributed by atoms with Crippen molar-refractivity contribution < 1.29 is 13.2 Å². The molecule has 0 aliphatic carbocycles. The van der Waals surface area contributed by atoms with Crippen molar-refractivity contribution in [3.63, 3.8) is 0 Å². The zero-order valence-electron chi connectivity index (χ0n) is 11.8. The average Bonchev–Trinajstić information content (AvgIpc) is 2.36. The van der Waals surface area contributed by atoms with Crippen LogP contribution < -0.4 is 0 Å². The van der Waals surface area contributed by atoms with E-state index in [1.54, 1.807) is 13.0 Å². The number of benzene rings is 1. The third kappa shape index (κ3) is 3.53. The highest BCUT2D eigenvalue weighted by atomic mass is 35.5. The number of halogens is 4. The molecule has 0 unspecified atom stereocenters. The van der Waals surface area contributed by atoms with Gasteiger partial charge in [0.05, 0.1) is 11.3 Å². The topological polar surface area (TPSA) is 25.8 Å². The molecule has 0 radical (unpaired) electrons. The van der Waals surface area contributed by atoms with Crippen molar-refractivity contribution in [3.05, 3.63) is 46.4 Å². The Balaban J connectivity index is 2.52. The Hall–Kier alpha value is -1.62. The van der Waals surface area contributed by atoms with Gasteiger partial charge in [-0.15, -0.1) is 0 Å². The summed E-state index contributed by atoms with van der Waals surface area (Å²) in [4.78, 5) is 8.50. The van der Waals surface area contributed by atoms with Gasteiger partial charge >= 0.3 is 6.18 Å². The predicted octanol–water partition coefficient (Wildman–Crippen LogP) is 5.25. The fourth-order valence-corrected chi connectivity index (χ4v) is 2.15. The van der Waals surface area contributed by atoms with Gasteiger partial charge in [-0.25, -0.2) is 9.97 Å². The number of hydrogen-bond donors (Lipinski definition) is 0. The second-order valence-corrected chi connectivity index (χ2v) is 5.50. The maximum absolute atomic E-state index is 12.7. The van der Waals surface area contributed by atoms with Gasteiger partial charge in [0.2, 0.25) is 0 Å². The average molecular weight is 315 g/mol. The summed E-state index contributed by atoms with van der Waals surface area (Å²) in [5, 5.41) is 0.281. The molecule has 0 saturated carbocycles. The summed E-state index contributed by atoms with van der Waals surface area (Å²) in [6.45, 7) is 5.47. The van der Waals surface area contributed by atoms with Gasteiger partial charge in [0.15, 0.2) is 0 Å². The minimum atomic E-state index is -4.35. The second-order valence-electron chi connectivity index (χ2n) is 5.12. The molecular formula is C15H14ClF3N2. The van der Waals surface area contributed by atoms with Crippen molar-refractivity contribution in [3.8, 4) is 11.3 Å². The maximum atomic E-state index is 12.7. The summed E-state index contributed by atoms with van der Waals surface area (Å²) in [7, 11) is 0. The van der Waals surface area contributed by atoms with Crippen molar-refractivity contribution >= 4 is 11.6 Å².